The van der Waals surface area contributed by atoms with E-state index in [0.717, 1.165) is 20.3 Å². The Morgan fingerprint density at radius 2 is 1.30 bits per heavy atom. The molecule has 0 atom stereocenters. The molecule has 0 saturated heterocycles. The molecule has 15 heteroatoms. The molecule has 0 aromatic carbocycles. The minimum Gasteiger partial charge on any atom is -0.477 e. The first-order chi connectivity index (χ1) is 20.8. The van der Waals surface area contributed by atoms with Crippen LogP contribution in [0.25, 0.3) is 0 Å². The number of nitrogens with one attached hydrogen (secondary N) is 1. The van der Waals surface area contributed by atoms with Gasteiger partial charge in [0.15, 0.2) is 10.3 Å². The molecule has 1 amide bonds. The standard InChI is InChI=1S/C14H11BrN4OS.C11H10N2O2.C3H3BrN2S/c15-12-9-21-14(17-12)18-13(20)11-2-1-7-19(11)8-10-3-5-16-6-4-10;14-11(15)10-2-1-7-13(10)8-9-3-5-12-6-4-9;4-2-1-7-3(5)6-2/h1-7,9H,8H2,(H,17,18,20);1-7H,8H2,(H,14,15);1H,(H2,5,6). The molecule has 0 bridgehead atoms. The average Bonchev–Trinajstić information content (AvgIpc) is 3.80. The van der Waals surface area contributed by atoms with Crippen molar-refractivity contribution in [3.05, 3.63) is 128 Å². The number of aromatic carboxylic acids is 1. The van der Waals surface area contributed by atoms with E-state index in [9.17, 15) is 9.59 Å². The fraction of sp³-hybridized carbons (Fsp3) is 0.0714. The number of hydrogen-bond donors (Lipinski definition) is 3. The third-order valence-electron chi connectivity index (χ3n) is 5.51. The number of carbonyl (C=O) groups is 2. The molecule has 220 valence electrons. The molecule has 0 fully saturated rings. The summed E-state index contributed by atoms with van der Waals surface area (Å²) in [6.07, 6.45) is 10.5. The third-order valence-corrected chi connectivity index (χ3v) is 8.36. The van der Waals surface area contributed by atoms with Crippen LogP contribution in [0.4, 0.5) is 10.3 Å². The van der Waals surface area contributed by atoms with E-state index in [1.165, 1.54) is 22.7 Å². The van der Waals surface area contributed by atoms with Gasteiger partial charge in [-0.1, -0.05) is 0 Å². The van der Waals surface area contributed by atoms with Crippen LogP contribution in [0, 0.1) is 0 Å². The Labute approximate surface area is 271 Å². The summed E-state index contributed by atoms with van der Waals surface area (Å²) in [5, 5.41) is 16.5. The van der Waals surface area contributed by atoms with E-state index in [0.29, 0.717) is 34.7 Å². The maximum Gasteiger partial charge on any atom is 0.352 e. The van der Waals surface area contributed by atoms with Crippen LogP contribution in [0.15, 0.2) is 106 Å². The lowest BCUT2D eigenvalue weighted by molar-refractivity contribution is 0.0685. The van der Waals surface area contributed by atoms with Crippen molar-refractivity contribution in [2.45, 2.75) is 13.1 Å². The summed E-state index contributed by atoms with van der Waals surface area (Å²) < 4.78 is 5.12. The molecule has 6 aromatic heterocycles. The molecular weight excluding hydrogens is 720 g/mol. The first-order valence-electron chi connectivity index (χ1n) is 12.4. The Bertz CT molecular complexity index is 1740. The summed E-state index contributed by atoms with van der Waals surface area (Å²) >= 11 is 9.22. The quantitative estimate of drug-likeness (QED) is 0.167. The molecule has 11 nitrogen and oxygen atoms in total. The summed E-state index contributed by atoms with van der Waals surface area (Å²) in [5.41, 5.74) is 8.27. The van der Waals surface area contributed by atoms with Crippen LogP contribution in [-0.4, -0.2) is 46.1 Å². The van der Waals surface area contributed by atoms with Gasteiger partial charge in [-0.25, -0.2) is 14.8 Å². The van der Waals surface area contributed by atoms with Crippen molar-refractivity contribution in [1.29, 1.82) is 0 Å². The van der Waals surface area contributed by atoms with Crippen LogP contribution in [0.2, 0.25) is 0 Å². The van der Waals surface area contributed by atoms with Crippen molar-refractivity contribution in [2.75, 3.05) is 11.1 Å². The number of nitrogen functional groups attached to an aromatic ring is 1. The molecular formula is C28H24Br2N8O3S2. The van der Waals surface area contributed by atoms with E-state index in [2.05, 4.69) is 57.1 Å². The number of carbonyl (C=O) groups excluding carboxylic acids is 1. The Hall–Kier alpha value is -4.18. The van der Waals surface area contributed by atoms with Crippen LogP contribution < -0.4 is 11.1 Å². The summed E-state index contributed by atoms with van der Waals surface area (Å²) in [7, 11) is 0. The SMILES string of the molecule is Nc1nc(Br)cs1.O=C(Nc1nc(Br)cs1)c1cccn1Cc1ccncc1.O=C(O)c1cccn1Cc1ccncc1. The van der Waals surface area contributed by atoms with E-state index in [1.807, 2.05) is 51.9 Å². The van der Waals surface area contributed by atoms with Gasteiger partial charge in [-0.05, 0) is 91.5 Å². The molecule has 6 rings (SSSR count). The van der Waals surface area contributed by atoms with Crippen molar-refractivity contribution >= 4 is 76.7 Å². The topological polar surface area (TPSA) is 154 Å². The number of nitrogens with zero attached hydrogens (tertiary/aromatic N) is 6. The number of anilines is 2. The number of carboxylic acid groups (broad SMARTS) is 1. The van der Waals surface area contributed by atoms with Crippen molar-refractivity contribution in [3.63, 3.8) is 0 Å². The predicted molar refractivity (Wildman–Crippen MR) is 174 cm³/mol. The summed E-state index contributed by atoms with van der Waals surface area (Å²) in [6, 6.07) is 14.6. The van der Waals surface area contributed by atoms with Crippen LogP contribution in [0.3, 0.4) is 0 Å². The molecule has 6 heterocycles. The zero-order valence-electron chi connectivity index (χ0n) is 22.2. The van der Waals surface area contributed by atoms with Crippen LogP contribution >= 0.6 is 54.5 Å². The molecule has 4 N–H and O–H groups in total. The molecule has 0 unspecified atom stereocenters. The van der Waals surface area contributed by atoms with E-state index >= 15 is 0 Å². The molecule has 0 aliphatic rings. The number of hydrogen-bond acceptors (Lipinski definition) is 9. The van der Waals surface area contributed by atoms with Crippen molar-refractivity contribution in [3.8, 4) is 0 Å². The number of amides is 1. The van der Waals surface area contributed by atoms with Crippen molar-refractivity contribution < 1.29 is 14.7 Å². The van der Waals surface area contributed by atoms with Gasteiger partial charge in [0.2, 0.25) is 0 Å². The summed E-state index contributed by atoms with van der Waals surface area (Å²) in [6.45, 7) is 1.18. The fourth-order valence-electron chi connectivity index (χ4n) is 3.61. The second-order valence-corrected chi connectivity index (χ2v) is 11.9. The largest absolute Gasteiger partial charge is 0.477 e. The number of carboxylic acids is 1. The number of thiazole rings is 2. The lowest BCUT2D eigenvalue weighted by Gasteiger charge is -2.08. The predicted octanol–water partition coefficient (Wildman–Crippen LogP) is 6.52. The Balaban J connectivity index is 0.000000167. The normalized spacial score (nSPS) is 10.2. The third kappa shape index (κ3) is 9.95. The maximum atomic E-state index is 12.3. The second kappa shape index (κ2) is 15.9. The first-order valence-corrected chi connectivity index (χ1v) is 15.7. The maximum absolute atomic E-state index is 12.3. The monoisotopic (exact) mass is 742 g/mol. The molecule has 0 aliphatic heterocycles. The highest BCUT2D eigenvalue weighted by atomic mass is 79.9. The van der Waals surface area contributed by atoms with Crippen LogP contribution in [0.5, 0.6) is 0 Å². The van der Waals surface area contributed by atoms with Gasteiger partial charge in [-0.2, -0.15) is 0 Å². The highest BCUT2D eigenvalue weighted by molar-refractivity contribution is 9.10. The lowest BCUT2D eigenvalue weighted by atomic mass is 10.2. The Morgan fingerprint density at radius 1 is 0.791 bits per heavy atom. The van der Waals surface area contributed by atoms with Gasteiger partial charge in [-0.15, -0.1) is 22.7 Å². The lowest BCUT2D eigenvalue weighted by Crippen LogP contribution is -2.17. The van der Waals surface area contributed by atoms with E-state index < -0.39 is 5.97 Å². The van der Waals surface area contributed by atoms with E-state index in [-0.39, 0.29) is 5.91 Å². The number of halogens is 2. The van der Waals surface area contributed by atoms with Gasteiger partial charge >= 0.3 is 5.97 Å². The first kappa shape index (κ1) is 31.7. The minimum atomic E-state index is -0.908. The van der Waals surface area contributed by atoms with Gasteiger partial charge in [0.05, 0.1) is 0 Å². The Morgan fingerprint density at radius 3 is 1.74 bits per heavy atom. The number of rotatable bonds is 7. The van der Waals surface area contributed by atoms with Gasteiger partial charge in [0, 0.05) is 61.0 Å². The summed E-state index contributed by atoms with van der Waals surface area (Å²) in [5.74, 6) is -1.08. The molecule has 43 heavy (non-hydrogen) atoms. The summed E-state index contributed by atoms with van der Waals surface area (Å²) in [4.78, 5) is 39.0. The smallest absolute Gasteiger partial charge is 0.352 e. The van der Waals surface area contributed by atoms with Gasteiger partial charge < -0.3 is 20.0 Å². The fourth-order valence-corrected chi connectivity index (χ4v) is 5.76. The highest BCUT2D eigenvalue weighted by Gasteiger charge is 2.13. The number of pyridine rings is 2. The highest BCUT2D eigenvalue weighted by Crippen LogP contribution is 2.20. The van der Waals surface area contributed by atoms with Crippen molar-refractivity contribution in [1.82, 2.24) is 29.1 Å². The Kier molecular flexibility index (Phi) is 11.7. The van der Waals surface area contributed by atoms with E-state index in [4.69, 9.17) is 10.8 Å². The van der Waals surface area contributed by atoms with Gasteiger partial charge in [-0.3, -0.25) is 20.1 Å². The van der Waals surface area contributed by atoms with Crippen LogP contribution in [-0.2, 0) is 13.1 Å². The molecule has 6 aromatic rings. The molecule has 0 saturated carbocycles. The zero-order chi connectivity index (χ0) is 30.6. The van der Waals surface area contributed by atoms with E-state index in [1.54, 1.807) is 53.8 Å². The van der Waals surface area contributed by atoms with Gasteiger partial charge in [0.25, 0.3) is 5.91 Å². The zero-order valence-corrected chi connectivity index (χ0v) is 27.1. The minimum absolute atomic E-state index is 0.170. The molecule has 0 aliphatic carbocycles. The van der Waals surface area contributed by atoms with Gasteiger partial charge in [0.1, 0.15) is 20.6 Å². The molecule has 0 radical (unpaired) electrons. The average molecular weight is 744 g/mol. The number of aromatic nitrogens is 6. The van der Waals surface area contributed by atoms with Crippen LogP contribution in [0.1, 0.15) is 32.1 Å². The van der Waals surface area contributed by atoms with Crippen molar-refractivity contribution in [2.24, 2.45) is 0 Å². The molecule has 0 spiro atoms. The number of nitrogens with two attached hydrogens (primary N) is 1. The second-order valence-electron chi connectivity index (χ2n) is 8.50.